The minimum Gasteiger partial charge on any atom is -0.461 e. The standard InChI is InChI=1S/C17H15Cl2N3O2S/c1-3-4-15-21-22-17(25-15)20-16(23)13-8-14(24-9(13)2)10-5-11(18)7-12(19)6-10/h5-8H,3-4H2,1-2H3,(H,20,22,23). The molecule has 25 heavy (non-hydrogen) atoms. The van der Waals surface area contributed by atoms with E-state index < -0.39 is 0 Å². The Labute approximate surface area is 159 Å². The van der Waals surface area contributed by atoms with Gasteiger partial charge in [0.25, 0.3) is 5.91 Å². The topological polar surface area (TPSA) is 68.0 Å². The number of nitrogens with zero attached hydrogens (tertiary/aromatic N) is 2. The first kappa shape index (κ1) is 17.9. The summed E-state index contributed by atoms with van der Waals surface area (Å²) in [5.41, 5.74) is 1.14. The van der Waals surface area contributed by atoms with Crippen LogP contribution in [0.3, 0.4) is 0 Å². The first-order valence-corrected chi connectivity index (χ1v) is 9.24. The van der Waals surface area contributed by atoms with Crippen molar-refractivity contribution in [1.82, 2.24) is 10.2 Å². The fourth-order valence-electron chi connectivity index (χ4n) is 2.33. The lowest BCUT2D eigenvalue weighted by atomic mass is 10.1. The molecule has 1 aromatic carbocycles. The molecule has 0 aliphatic rings. The second kappa shape index (κ2) is 7.56. The fraction of sp³-hybridized carbons (Fsp3) is 0.235. The van der Waals surface area contributed by atoms with E-state index in [2.05, 4.69) is 22.4 Å². The third-order valence-corrected chi connectivity index (χ3v) is 4.80. The summed E-state index contributed by atoms with van der Waals surface area (Å²) in [4.78, 5) is 12.5. The molecule has 0 aliphatic heterocycles. The summed E-state index contributed by atoms with van der Waals surface area (Å²) < 4.78 is 5.70. The van der Waals surface area contributed by atoms with E-state index in [-0.39, 0.29) is 5.91 Å². The van der Waals surface area contributed by atoms with Crippen LogP contribution in [0, 0.1) is 6.92 Å². The highest BCUT2D eigenvalue weighted by Gasteiger charge is 2.18. The van der Waals surface area contributed by atoms with Crippen LogP contribution in [0.5, 0.6) is 0 Å². The molecule has 5 nitrogen and oxygen atoms in total. The van der Waals surface area contributed by atoms with Gasteiger partial charge in [-0.15, -0.1) is 10.2 Å². The Morgan fingerprint density at radius 3 is 2.60 bits per heavy atom. The number of benzene rings is 1. The summed E-state index contributed by atoms with van der Waals surface area (Å²) in [7, 11) is 0. The maximum Gasteiger partial charge on any atom is 0.261 e. The van der Waals surface area contributed by atoms with E-state index in [1.54, 1.807) is 31.2 Å². The highest BCUT2D eigenvalue weighted by molar-refractivity contribution is 7.15. The van der Waals surface area contributed by atoms with Crippen LogP contribution in [-0.2, 0) is 6.42 Å². The molecule has 0 bridgehead atoms. The molecule has 1 amide bonds. The zero-order valence-corrected chi connectivity index (χ0v) is 15.9. The number of carbonyl (C=O) groups is 1. The molecule has 2 heterocycles. The molecular formula is C17H15Cl2N3O2S. The second-order valence-corrected chi connectivity index (χ2v) is 7.38. The molecule has 0 aliphatic carbocycles. The quantitative estimate of drug-likeness (QED) is 0.608. The summed E-state index contributed by atoms with van der Waals surface area (Å²) in [6, 6.07) is 6.77. The Morgan fingerprint density at radius 2 is 1.92 bits per heavy atom. The molecule has 0 spiro atoms. The molecule has 3 rings (SSSR count). The van der Waals surface area contributed by atoms with Gasteiger partial charge >= 0.3 is 0 Å². The van der Waals surface area contributed by atoms with E-state index in [9.17, 15) is 4.79 Å². The van der Waals surface area contributed by atoms with Crippen LogP contribution >= 0.6 is 34.5 Å². The third kappa shape index (κ3) is 4.21. The zero-order chi connectivity index (χ0) is 18.0. The predicted octanol–water partition coefficient (Wildman–Crippen LogP) is 5.62. The minimum absolute atomic E-state index is 0.292. The smallest absolute Gasteiger partial charge is 0.261 e. The van der Waals surface area contributed by atoms with Gasteiger partial charge in [-0.25, -0.2) is 0 Å². The number of hydrogen-bond donors (Lipinski definition) is 1. The first-order chi connectivity index (χ1) is 12.0. The van der Waals surface area contributed by atoms with Gasteiger partial charge in [-0.1, -0.05) is 41.5 Å². The number of aromatic nitrogens is 2. The van der Waals surface area contributed by atoms with Gasteiger partial charge in [-0.05, 0) is 37.6 Å². The molecule has 3 aromatic rings. The van der Waals surface area contributed by atoms with Crippen LogP contribution in [0.4, 0.5) is 5.13 Å². The Morgan fingerprint density at radius 1 is 1.20 bits per heavy atom. The monoisotopic (exact) mass is 395 g/mol. The average molecular weight is 396 g/mol. The van der Waals surface area contributed by atoms with Crippen molar-refractivity contribution in [3.05, 3.63) is 50.6 Å². The van der Waals surface area contributed by atoms with Gasteiger partial charge in [0.2, 0.25) is 5.13 Å². The van der Waals surface area contributed by atoms with Gasteiger partial charge < -0.3 is 4.42 Å². The molecule has 1 N–H and O–H groups in total. The molecule has 0 atom stereocenters. The normalized spacial score (nSPS) is 10.9. The van der Waals surface area contributed by atoms with E-state index in [1.807, 2.05) is 0 Å². The van der Waals surface area contributed by atoms with Crippen molar-refractivity contribution in [3.63, 3.8) is 0 Å². The summed E-state index contributed by atoms with van der Waals surface area (Å²) in [6.45, 7) is 3.80. The lowest BCUT2D eigenvalue weighted by molar-refractivity contribution is 0.102. The predicted molar refractivity (Wildman–Crippen MR) is 101 cm³/mol. The van der Waals surface area contributed by atoms with Crippen LogP contribution in [0.1, 0.15) is 34.5 Å². The highest BCUT2D eigenvalue weighted by atomic mass is 35.5. The van der Waals surface area contributed by atoms with Gasteiger partial charge in [0.15, 0.2) is 0 Å². The average Bonchev–Trinajstić information content (AvgIpc) is 3.13. The van der Waals surface area contributed by atoms with Crippen molar-refractivity contribution < 1.29 is 9.21 Å². The number of nitrogens with one attached hydrogen (secondary N) is 1. The fourth-order valence-corrected chi connectivity index (χ4v) is 3.69. The lowest BCUT2D eigenvalue weighted by Gasteiger charge is -1.99. The number of amides is 1. The first-order valence-electron chi connectivity index (χ1n) is 7.67. The van der Waals surface area contributed by atoms with Crippen molar-refractivity contribution in [2.45, 2.75) is 26.7 Å². The SMILES string of the molecule is CCCc1nnc(NC(=O)c2cc(-c3cc(Cl)cc(Cl)c3)oc2C)s1. The second-order valence-electron chi connectivity index (χ2n) is 5.44. The number of carbonyl (C=O) groups excluding carboxylic acids is 1. The van der Waals surface area contributed by atoms with E-state index >= 15 is 0 Å². The van der Waals surface area contributed by atoms with Crippen LogP contribution < -0.4 is 5.32 Å². The largest absolute Gasteiger partial charge is 0.461 e. The summed E-state index contributed by atoms with van der Waals surface area (Å²) in [5.74, 6) is 0.734. The van der Waals surface area contributed by atoms with Crippen LogP contribution in [0.2, 0.25) is 10.0 Å². The van der Waals surface area contributed by atoms with E-state index in [1.165, 1.54) is 11.3 Å². The lowest BCUT2D eigenvalue weighted by Crippen LogP contribution is -2.11. The van der Waals surface area contributed by atoms with Crippen LogP contribution in [-0.4, -0.2) is 16.1 Å². The molecule has 8 heteroatoms. The Balaban J connectivity index is 1.82. The molecule has 130 valence electrons. The molecular weight excluding hydrogens is 381 g/mol. The highest BCUT2D eigenvalue weighted by Crippen LogP contribution is 2.30. The Hall–Kier alpha value is -1.89. The summed E-state index contributed by atoms with van der Waals surface area (Å²) in [6.07, 6.45) is 1.83. The number of aryl methyl sites for hydroxylation is 2. The Bertz CT molecular complexity index is 900. The Kier molecular flexibility index (Phi) is 5.42. The van der Waals surface area contributed by atoms with Gasteiger partial charge in [-0.3, -0.25) is 10.1 Å². The van der Waals surface area contributed by atoms with Crippen molar-refractivity contribution in [3.8, 4) is 11.3 Å². The van der Waals surface area contributed by atoms with Crippen molar-refractivity contribution in [1.29, 1.82) is 0 Å². The molecule has 0 fully saturated rings. The summed E-state index contributed by atoms with van der Waals surface area (Å²) in [5, 5.41) is 13.2. The minimum atomic E-state index is -0.292. The number of hydrogen-bond acceptors (Lipinski definition) is 5. The van der Waals surface area contributed by atoms with Gasteiger partial charge in [-0.2, -0.15) is 0 Å². The van der Waals surface area contributed by atoms with Gasteiger partial charge in [0.1, 0.15) is 16.5 Å². The van der Waals surface area contributed by atoms with Crippen molar-refractivity contribution in [2.24, 2.45) is 0 Å². The molecule has 0 saturated carbocycles. The number of rotatable bonds is 5. The van der Waals surface area contributed by atoms with E-state index in [0.29, 0.717) is 37.8 Å². The van der Waals surface area contributed by atoms with Crippen LogP contribution in [0.15, 0.2) is 28.7 Å². The van der Waals surface area contributed by atoms with E-state index in [0.717, 1.165) is 17.8 Å². The number of anilines is 1. The molecule has 2 aromatic heterocycles. The third-order valence-electron chi connectivity index (χ3n) is 3.46. The van der Waals surface area contributed by atoms with Crippen molar-refractivity contribution >= 4 is 45.6 Å². The van der Waals surface area contributed by atoms with Gasteiger partial charge in [0.05, 0.1) is 5.56 Å². The summed E-state index contributed by atoms with van der Waals surface area (Å²) >= 11 is 13.4. The maximum atomic E-state index is 12.5. The van der Waals surface area contributed by atoms with E-state index in [4.69, 9.17) is 27.6 Å². The van der Waals surface area contributed by atoms with Crippen LogP contribution in [0.25, 0.3) is 11.3 Å². The zero-order valence-electron chi connectivity index (χ0n) is 13.6. The molecule has 0 unspecified atom stereocenters. The number of furan rings is 1. The maximum absolute atomic E-state index is 12.5. The number of halogens is 2. The molecule has 0 saturated heterocycles. The van der Waals surface area contributed by atoms with Crippen molar-refractivity contribution in [2.75, 3.05) is 5.32 Å². The van der Waals surface area contributed by atoms with Gasteiger partial charge in [0, 0.05) is 22.0 Å². The molecule has 0 radical (unpaired) electrons.